The molecule has 0 aromatic rings. The van der Waals surface area contributed by atoms with Crippen molar-refractivity contribution in [1.29, 1.82) is 0 Å². The van der Waals surface area contributed by atoms with Gasteiger partial charge in [0.1, 0.15) is 19.3 Å². The Morgan fingerprint density at radius 1 is 0.507 bits per heavy atom. The first-order valence-corrected chi connectivity index (χ1v) is 30.1. The zero-order valence-electron chi connectivity index (χ0n) is 45.8. The molecule has 0 radical (unpaired) electrons. The molecule has 3 atom stereocenters. The second-order valence-electron chi connectivity index (χ2n) is 20.4. The molecule has 0 bridgehead atoms. The Bertz CT molecular complexity index is 1370. The second-order valence-corrected chi connectivity index (χ2v) is 21.9. The number of nitrogens with one attached hydrogen (secondary N) is 1. The number of rotatable bonds is 51. The molecule has 10 heteroatoms. The third-order valence-corrected chi connectivity index (χ3v) is 13.4. The van der Waals surface area contributed by atoms with Crippen molar-refractivity contribution in [2.45, 2.75) is 264 Å². The number of hydrogen-bond acceptors (Lipinski definition) is 7. The summed E-state index contributed by atoms with van der Waals surface area (Å²) in [6.07, 6.45) is 60.4. The van der Waals surface area contributed by atoms with Crippen LogP contribution in [0.25, 0.3) is 0 Å². The van der Waals surface area contributed by atoms with Crippen LogP contribution in [0.5, 0.6) is 0 Å². The molecule has 3 unspecified atom stereocenters. The van der Waals surface area contributed by atoms with Gasteiger partial charge in [-0.25, -0.2) is 0 Å². The van der Waals surface area contributed by atoms with Gasteiger partial charge in [0.2, 0.25) is 5.91 Å². The van der Waals surface area contributed by atoms with Crippen LogP contribution in [0.15, 0.2) is 60.8 Å². The molecular weight excluding hydrogens is 880 g/mol. The van der Waals surface area contributed by atoms with E-state index in [0.717, 1.165) is 77.0 Å². The first-order valence-electron chi connectivity index (χ1n) is 28.6. The van der Waals surface area contributed by atoms with Gasteiger partial charge < -0.3 is 28.5 Å². The minimum Gasteiger partial charge on any atom is -0.756 e. The van der Waals surface area contributed by atoms with Gasteiger partial charge in [0.25, 0.3) is 7.82 Å². The van der Waals surface area contributed by atoms with E-state index < -0.39 is 26.6 Å². The van der Waals surface area contributed by atoms with Crippen LogP contribution in [-0.4, -0.2) is 69.4 Å². The van der Waals surface area contributed by atoms with E-state index in [2.05, 4.69) is 74.7 Å². The van der Waals surface area contributed by atoms with E-state index in [1.165, 1.54) is 135 Å². The maximum Gasteiger partial charge on any atom is 0.306 e. The van der Waals surface area contributed by atoms with Crippen LogP contribution in [0, 0.1) is 0 Å². The number of carbonyl (C=O) groups excluding carboxylic acids is 2. The number of hydrogen-bond donors (Lipinski definition) is 1. The van der Waals surface area contributed by atoms with E-state index in [1.807, 2.05) is 33.3 Å². The number of likely N-dealkylation sites (N-methyl/N-ethyl adjacent to an activating group) is 1. The predicted octanol–water partition coefficient (Wildman–Crippen LogP) is 16.5. The van der Waals surface area contributed by atoms with Gasteiger partial charge in [-0.3, -0.25) is 14.2 Å². The third kappa shape index (κ3) is 50.4. The van der Waals surface area contributed by atoms with Crippen molar-refractivity contribution < 1.29 is 37.3 Å². The fraction of sp³-hybridized carbons (Fsp3) is 0.797. The molecule has 9 nitrogen and oxygen atoms in total. The molecule has 69 heavy (non-hydrogen) atoms. The highest BCUT2D eigenvalue weighted by Crippen LogP contribution is 2.38. The number of ether oxygens (including phenoxy) is 1. The summed E-state index contributed by atoms with van der Waals surface area (Å²) in [5.74, 6) is -0.575. The molecule has 0 aromatic heterocycles. The van der Waals surface area contributed by atoms with E-state index in [1.54, 1.807) is 0 Å². The molecule has 0 saturated heterocycles. The van der Waals surface area contributed by atoms with Gasteiger partial charge in [-0.2, -0.15) is 0 Å². The fourth-order valence-electron chi connectivity index (χ4n) is 7.97. The van der Waals surface area contributed by atoms with Gasteiger partial charge in [0, 0.05) is 12.8 Å². The highest BCUT2D eigenvalue weighted by molar-refractivity contribution is 7.45. The Hall–Kier alpha value is -2.29. The lowest BCUT2D eigenvalue weighted by atomic mass is 10.0. The van der Waals surface area contributed by atoms with Crippen LogP contribution in [-0.2, 0) is 27.9 Å². The van der Waals surface area contributed by atoms with Crippen LogP contribution in [0.4, 0.5) is 0 Å². The van der Waals surface area contributed by atoms with Crippen molar-refractivity contribution in [1.82, 2.24) is 5.32 Å². The van der Waals surface area contributed by atoms with Gasteiger partial charge >= 0.3 is 5.97 Å². The first-order chi connectivity index (χ1) is 33.4. The maximum absolute atomic E-state index is 13.5. The third-order valence-electron chi connectivity index (χ3n) is 12.5. The summed E-state index contributed by atoms with van der Waals surface area (Å²) in [7, 11) is 1.16. The highest BCUT2D eigenvalue weighted by Gasteiger charge is 2.27. The molecule has 0 heterocycles. The Balaban J connectivity index is 5.39. The van der Waals surface area contributed by atoms with E-state index >= 15 is 0 Å². The minimum absolute atomic E-state index is 0.0292. The summed E-state index contributed by atoms with van der Waals surface area (Å²) in [5, 5.41) is 3.00. The number of quaternary nitrogens is 1. The number of carbonyl (C=O) groups is 2. The molecule has 1 amide bonds. The molecule has 402 valence electrons. The van der Waals surface area contributed by atoms with Crippen LogP contribution >= 0.6 is 7.82 Å². The number of phosphoric ester groups is 1. The summed E-state index contributed by atoms with van der Waals surface area (Å²) >= 11 is 0. The zero-order valence-corrected chi connectivity index (χ0v) is 46.7. The number of nitrogens with zero attached hydrogens (tertiary/aromatic N) is 1. The summed E-state index contributed by atoms with van der Waals surface area (Å²) in [6, 6.07) is -0.903. The SMILES string of the molecule is CCCCC/C=C\C/C=C\C/C=C\C/C=C\CCCCCC(=O)NC(COP(=O)([O-])OCC[N+](C)(C)C)C(/C=C/CCCCCCCCCCCCC)OC(=O)CCCCCCCCCCCCC. The number of allylic oxidation sites excluding steroid dienone is 9. The van der Waals surface area contributed by atoms with Crippen molar-refractivity contribution >= 4 is 19.7 Å². The van der Waals surface area contributed by atoms with Gasteiger partial charge in [0.05, 0.1) is 33.8 Å². The Morgan fingerprint density at radius 3 is 1.36 bits per heavy atom. The lowest BCUT2D eigenvalue weighted by Gasteiger charge is -2.30. The Kier molecular flexibility index (Phi) is 47.7. The van der Waals surface area contributed by atoms with Crippen LogP contribution in [0.2, 0.25) is 0 Å². The molecule has 0 aliphatic heterocycles. The summed E-state index contributed by atoms with van der Waals surface area (Å²) in [5.41, 5.74) is 0. The average molecular weight is 990 g/mol. The van der Waals surface area contributed by atoms with E-state index in [0.29, 0.717) is 17.4 Å². The van der Waals surface area contributed by atoms with Gasteiger partial charge in [-0.15, -0.1) is 0 Å². The van der Waals surface area contributed by atoms with Crippen molar-refractivity contribution in [3.05, 3.63) is 60.8 Å². The van der Waals surface area contributed by atoms with Crippen molar-refractivity contribution in [2.24, 2.45) is 0 Å². The topological polar surface area (TPSA) is 114 Å². The summed E-state index contributed by atoms with van der Waals surface area (Å²) in [4.78, 5) is 39.8. The molecular formula is C59H109N2O7P. The van der Waals surface area contributed by atoms with Gasteiger partial charge in [-0.1, -0.05) is 223 Å². The lowest BCUT2D eigenvalue weighted by Crippen LogP contribution is -2.47. The van der Waals surface area contributed by atoms with E-state index in [-0.39, 0.29) is 31.3 Å². The van der Waals surface area contributed by atoms with Crippen LogP contribution in [0.1, 0.15) is 252 Å². The lowest BCUT2D eigenvalue weighted by molar-refractivity contribution is -0.870. The largest absolute Gasteiger partial charge is 0.756 e. The maximum atomic E-state index is 13.5. The number of amides is 1. The van der Waals surface area contributed by atoms with Gasteiger partial charge in [-0.05, 0) is 76.7 Å². The summed E-state index contributed by atoms with van der Waals surface area (Å²) in [6.45, 7) is 6.78. The molecule has 0 aromatic carbocycles. The molecule has 0 rings (SSSR count). The predicted molar refractivity (Wildman–Crippen MR) is 293 cm³/mol. The molecule has 1 N–H and O–H groups in total. The molecule has 0 saturated carbocycles. The Labute approximate surface area is 426 Å². The van der Waals surface area contributed by atoms with Gasteiger partial charge in [0.15, 0.2) is 0 Å². The first kappa shape index (κ1) is 66.7. The highest BCUT2D eigenvalue weighted by atomic mass is 31.2. The molecule has 0 aliphatic carbocycles. The molecule has 0 fully saturated rings. The number of esters is 1. The fourth-order valence-corrected chi connectivity index (χ4v) is 8.70. The van der Waals surface area contributed by atoms with E-state index in [4.69, 9.17) is 13.8 Å². The van der Waals surface area contributed by atoms with E-state index in [9.17, 15) is 19.0 Å². The molecule has 0 spiro atoms. The Morgan fingerprint density at radius 2 is 0.884 bits per heavy atom. The molecule has 0 aliphatic rings. The average Bonchev–Trinajstić information content (AvgIpc) is 3.31. The second kappa shape index (κ2) is 49.3. The quantitative estimate of drug-likeness (QED) is 0.0212. The minimum atomic E-state index is -4.70. The van der Waals surface area contributed by atoms with Crippen molar-refractivity contribution in [3.8, 4) is 0 Å². The smallest absolute Gasteiger partial charge is 0.306 e. The van der Waals surface area contributed by atoms with Crippen LogP contribution < -0.4 is 10.2 Å². The standard InChI is InChI=1S/C59H109N2O7P/c1-7-10-13-16-19-22-25-27-28-29-30-31-32-34-37-39-42-45-48-51-58(62)60-56(55-67-69(64,65)66-54-53-61(4,5)6)57(50-47-44-41-38-36-33-26-23-20-17-14-11-8-2)68-59(63)52-49-46-43-40-35-24-21-18-15-12-9-3/h19,22,27-28,30-31,34,37,47,50,56-57H,7-18,20-21,23-26,29,32-33,35-36,38-46,48-49,51-55H2,1-6H3,(H-,60,62,64,65)/b22-19-,28-27-,31-30-,37-34-,50-47+. The van der Waals surface area contributed by atoms with Crippen LogP contribution in [0.3, 0.4) is 0 Å². The number of unbranched alkanes of at least 4 members (excludes halogenated alkanes) is 27. The summed E-state index contributed by atoms with van der Waals surface area (Å²) < 4.78 is 30.2. The van der Waals surface area contributed by atoms with Crippen molar-refractivity contribution in [3.63, 3.8) is 0 Å². The normalized spacial score (nSPS) is 14.2. The number of phosphoric acid groups is 1. The zero-order chi connectivity index (χ0) is 50.8. The van der Waals surface area contributed by atoms with Crippen molar-refractivity contribution in [2.75, 3.05) is 40.9 Å². The monoisotopic (exact) mass is 989 g/mol.